The molecule has 3 rings (SSSR count). The summed E-state index contributed by atoms with van der Waals surface area (Å²) in [5.74, 6) is -1.22. The maximum atomic E-state index is 12.1. The van der Waals surface area contributed by atoms with Crippen molar-refractivity contribution in [3.05, 3.63) is 46.8 Å². The molecule has 2 aromatic rings. The molecule has 1 aliphatic rings. The Morgan fingerprint density at radius 2 is 2.14 bits per heavy atom. The summed E-state index contributed by atoms with van der Waals surface area (Å²) in [4.78, 5) is 22.7. The number of benzene rings is 1. The number of carbonyl (C=O) groups excluding carboxylic acids is 1. The molecule has 114 valence electrons. The van der Waals surface area contributed by atoms with Gasteiger partial charge in [-0.2, -0.15) is 0 Å². The summed E-state index contributed by atoms with van der Waals surface area (Å²) in [6.07, 6.45) is 1.49. The van der Waals surface area contributed by atoms with E-state index in [1.54, 1.807) is 6.07 Å². The zero-order valence-electron chi connectivity index (χ0n) is 11.7. The minimum Gasteiger partial charge on any atom is -0.480 e. The van der Waals surface area contributed by atoms with Crippen LogP contribution in [0.5, 0.6) is 0 Å². The highest BCUT2D eigenvalue weighted by Crippen LogP contribution is 2.20. The number of fused-ring (bicyclic) bond motifs is 1. The maximum Gasteiger partial charge on any atom is 0.325 e. The Kier molecular flexibility index (Phi) is 3.84. The van der Waals surface area contributed by atoms with Crippen molar-refractivity contribution in [1.29, 1.82) is 0 Å². The molecule has 0 aliphatic carbocycles. The highest BCUT2D eigenvalue weighted by molar-refractivity contribution is 5.94. The average Bonchev–Trinajstić information content (AvgIpc) is 3.12. The molecule has 0 saturated heterocycles. The van der Waals surface area contributed by atoms with Crippen molar-refractivity contribution in [2.24, 2.45) is 0 Å². The molecule has 0 saturated carbocycles. The Bertz CT molecular complexity index is 725. The molecule has 0 bridgehead atoms. The van der Waals surface area contributed by atoms with Gasteiger partial charge in [-0.05, 0) is 23.3 Å². The molecule has 0 radical (unpaired) electrons. The summed E-state index contributed by atoms with van der Waals surface area (Å²) in [6, 6.07) is 5.46. The maximum absolute atomic E-state index is 12.1. The molecule has 2 heterocycles. The van der Waals surface area contributed by atoms with Crippen LogP contribution in [0.1, 0.15) is 27.2 Å². The molecule has 0 unspecified atom stereocenters. The van der Waals surface area contributed by atoms with E-state index in [-0.39, 0.29) is 19.0 Å². The van der Waals surface area contributed by atoms with E-state index in [2.05, 4.69) is 15.6 Å². The normalized spacial score (nSPS) is 12.9. The topological polar surface area (TPSA) is 106 Å². The number of hydrogen-bond donors (Lipinski definition) is 2. The Labute approximate surface area is 125 Å². The molecule has 1 amide bonds. The first-order chi connectivity index (χ1) is 10.6. The lowest BCUT2D eigenvalue weighted by molar-refractivity contribution is -0.137. The fourth-order valence-electron chi connectivity index (χ4n) is 2.22. The van der Waals surface area contributed by atoms with Gasteiger partial charge in [-0.15, -0.1) is 5.10 Å². The van der Waals surface area contributed by atoms with Crippen LogP contribution in [0, 0.1) is 0 Å². The van der Waals surface area contributed by atoms with E-state index in [4.69, 9.17) is 9.84 Å². The molecule has 22 heavy (non-hydrogen) atoms. The number of nitrogens with zero attached hydrogens (tertiary/aromatic N) is 3. The molecule has 1 aromatic heterocycles. The number of aromatic nitrogens is 3. The highest BCUT2D eigenvalue weighted by Gasteiger charge is 2.14. The zero-order valence-corrected chi connectivity index (χ0v) is 11.7. The Hall–Kier alpha value is -2.74. The molecule has 8 heteroatoms. The van der Waals surface area contributed by atoms with Gasteiger partial charge in [0.15, 0.2) is 0 Å². The second kappa shape index (κ2) is 5.94. The van der Waals surface area contributed by atoms with Crippen LogP contribution in [-0.2, 0) is 35.8 Å². The van der Waals surface area contributed by atoms with Crippen LogP contribution in [-0.4, -0.2) is 32.0 Å². The van der Waals surface area contributed by atoms with Gasteiger partial charge in [0, 0.05) is 5.56 Å². The SMILES string of the molecule is O=C(O)Cn1cc(CNC(=O)c2ccc3c(c2)COC3)nn1. The number of aliphatic carboxylic acids is 1. The fraction of sp³-hybridized carbons (Fsp3) is 0.286. The second-order valence-corrected chi connectivity index (χ2v) is 4.96. The summed E-state index contributed by atoms with van der Waals surface area (Å²) >= 11 is 0. The summed E-state index contributed by atoms with van der Waals surface area (Å²) < 4.78 is 6.52. The van der Waals surface area contributed by atoms with Crippen molar-refractivity contribution >= 4 is 11.9 Å². The van der Waals surface area contributed by atoms with Crippen molar-refractivity contribution in [1.82, 2.24) is 20.3 Å². The quantitative estimate of drug-likeness (QED) is 0.824. The van der Waals surface area contributed by atoms with Crippen LogP contribution >= 0.6 is 0 Å². The predicted octanol–water partition coefficient (Wildman–Crippen LogP) is 0.323. The van der Waals surface area contributed by atoms with Crippen molar-refractivity contribution in [3.63, 3.8) is 0 Å². The third-order valence-electron chi connectivity index (χ3n) is 3.30. The molecule has 0 atom stereocenters. The highest BCUT2D eigenvalue weighted by atomic mass is 16.5. The van der Waals surface area contributed by atoms with Crippen molar-refractivity contribution in [2.45, 2.75) is 26.3 Å². The molecule has 2 N–H and O–H groups in total. The van der Waals surface area contributed by atoms with E-state index >= 15 is 0 Å². The van der Waals surface area contributed by atoms with Gasteiger partial charge in [0.05, 0.1) is 26.0 Å². The van der Waals surface area contributed by atoms with E-state index in [1.165, 1.54) is 10.9 Å². The van der Waals surface area contributed by atoms with E-state index in [9.17, 15) is 9.59 Å². The third kappa shape index (κ3) is 3.12. The lowest BCUT2D eigenvalue weighted by Crippen LogP contribution is -2.23. The van der Waals surface area contributed by atoms with Crippen LogP contribution in [0.3, 0.4) is 0 Å². The largest absolute Gasteiger partial charge is 0.480 e. The molecule has 0 spiro atoms. The summed E-state index contributed by atoms with van der Waals surface area (Å²) in [5, 5.41) is 18.9. The first kappa shape index (κ1) is 14.2. The van der Waals surface area contributed by atoms with Gasteiger partial charge in [0.1, 0.15) is 12.2 Å². The molecule has 1 aliphatic heterocycles. The van der Waals surface area contributed by atoms with Crippen LogP contribution in [0.25, 0.3) is 0 Å². The molecule has 8 nitrogen and oxygen atoms in total. The average molecular weight is 302 g/mol. The summed E-state index contributed by atoms with van der Waals surface area (Å²) in [5.41, 5.74) is 3.19. The zero-order chi connectivity index (χ0) is 15.5. The van der Waals surface area contributed by atoms with Gasteiger partial charge in [0.25, 0.3) is 5.91 Å². The van der Waals surface area contributed by atoms with Crippen LogP contribution in [0.2, 0.25) is 0 Å². The molecular formula is C14H14N4O4. The van der Waals surface area contributed by atoms with Gasteiger partial charge in [0.2, 0.25) is 0 Å². The second-order valence-electron chi connectivity index (χ2n) is 4.96. The third-order valence-corrected chi connectivity index (χ3v) is 3.30. The number of carboxylic acids is 1. The first-order valence-electron chi connectivity index (χ1n) is 6.70. The fourth-order valence-corrected chi connectivity index (χ4v) is 2.22. The van der Waals surface area contributed by atoms with E-state index in [0.717, 1.165) is 11.1 Å². The smallest absolute Gasteiger partial charge is 0.325 e. The number of carbonyl (C=O) groups is 2. The number of ether oxygens (including phenoxy) is 1. The summed E-state index contributed by atoms with van der Waals surface area (Å²) in [6.45, 7) is 1.04. The van der Waals surface area contributed by atoms with Crippen LogP contribution < -0.4 is 5.32 Å². The van der Waals surface area contributed by atoms with Crippen LogP contribution in [0.15, 0.2) is 24.4 Å². The lowest BCUT2D eigenvalue weighted by Gasteiger charge is -2.04. The van der Waals surface area contributed by atoms with E-state index in [0.29, 0.717) is 24.5 Å². The van der Waals surface area contributed by atoms with Crippen LogP contribution in [0.4, 0.5) is 0 Å². The number of amides is 1. The Morgan fingerprint density at radius 3 is 2.95 bits per heavy atom. The predicted molar refractivity (Wildman–Crippen MR) is 73.8 cm³/mol. The monoisotopic (exact) mass is 302 g/mol. The van der Waals surface area contributed by atoms with Gasteiger partial charge in [-0.1, -0.05) is 11.3 Å². The summed E-state index contributed by atoms with van der Waals surface area (Å²) in [7, 11) is 0. The minimum absolute atomic E-state index is 0.187. The number of carboxylic acid groups (broad SMARTS) is 1. The van der Waals surface area contributed by atoms with E-state index < -0.39 is 5.97 Å². The van der Waals surface area contributed by atoms with Gasteiger partial charge >= 0.3 is 5.97 Å². The van der Waals surface area contributed by atoms with Gasteiger partial charge in [-0.3, -0.25) is 9.59 Å². The Balaban J connectivity index is 1.60. The number of rotatable bonds is 5. The van der Waals surface area contributed by atoms with Crippen molar-refractivity contribution < 1.29 is 19.4 Å². The first-order valence-corrected chi connectivity index (χ1v) is 6.70. The van der Waals surface area contributed by atoms with Crippen molar-refractivity contribution in [2.75, 3.05) is 0 Å². The Morgan fingerprint density at radius 1 is 1.32 bits per heavy atom. The lowest BCUT2D eigenvalue weighted by atomic mass is 10.1. The molecule has 1 aromatic carbocycles. The standard InChI is InChI=1S/C14H14N4O4/c19-13(20)6-18-5-12(16-17-18)4-15-14(21)9-1-2-10-7-22-8-11(10)3-9/h1-3,5H,4,6-8H2,(H,15,21)(H,19,20). The number of hydrogen-bond acceptors (Lipinski definition) is 5. The minimum atomic E-state index is -0.999. The van der Waals surface area contributed by atoms with Gasteiger partial charge < -0.3 is 15.2 Å². The van der Waals surface area contributed by atoms with E-state index in [1.807, 2.05) is 12.1 Å². The number of nitrogens with one attached hydrogen (secondary N) is 1. The molecular weight excluding hydrogens is 288 g/mol. The van der Waals surface area contributed by atoms with Crippen molar-refractivity contribution in [3.8, 4) is 0 Å². The van der Waals surface area contributed by atoms with Gasteiger partial charge in [-0.25, -0.2) is 4.68 Å². The molecule has 0 fully saturated rings.